The van der Waals surface area contributed by atoms with Gasteiger partial charge in [-0.25, -0.2) is 4.79 Å². The first-order chi connectivity index (χ1) is 63.2. The van der Waals surface area contributed by atoms with E-state index in [-0.39, 0.29) is 123 Å². The Morgan fingerprint density at radius 2 is 0.570 bits per heavy atom. The Kier molecular flexibility index (Phi) is 42.6. The van der Waals surface area contributed by atoms with Crippen LogP contribution in [0.1, 0.15) is 327 Å². The molecule has 25 heteroatoms. The molecule has 0 aromatic rings. The van der Waals surface area contributed by atoms with Crippen molar-refractivity contribution in [3.05, 3.63) is 115 Å². The predicted octanol–water partition coefficient (Wildman–Crippen LogP) is 17.8. The van der Waals surface area contributed by atoms with Crippen LogP contribution in [0.4, 0.5) is 4.79 Å². The number of piperazine rings is 5. The zero-order valence-electron chi connectivity index (χ0n) is 88.4. The summed E-state index contributed by atoms with van der Waals surface area (Å²) in [5, 5.41) is 2.53. The molecule has 6 saturated heterocycles. The van der Waals surface area contributed by atoms with Gasteiger partial charge in [0.15, 0.2) is 0 Å². The molecule has 13 amide bonds. The van der Waals surface area contributed by atoms with Crippen molar-refractivity contribution in [3.8, 4) is 0 Å². The van der Waals surface area contributed by atoms with E-state index in [0.29, 0.717) is 111 Å². The van der Waals surface area contributed by atoms with Gasteiger partial charge in [0.1, 0.15) is 6.04 Å². The van der Waals surface area contributed by atoms with Gasteiger partial charge in [0.25, 0.3) is 0 Å². The number of carbonyl (C=O) groups is 12. The van der Waals surface area contributed by atoms with Crippen LogP contribution in [0, 0.1) is 32.5 Å². The lowest BCUT2D eigenvalue weighted by Gasteiger charge is -2.39. The van der Waals surface area contributed by atoms with E-state index in [9.17, 15) is 57.5 Å². The van der Waals surface area contributed by atoms with Gasteiger partial charge in [-0.2, -0.15) is 0 Å². The Bertz CT molecular complexity index is 4350. The van der Waals surface area contributed by atoms with Crippen molar-refractivity contribution in [3.63, 3.8) is 0 Å². The largest absolute Gasteiger partial charge is 0.357 e. The van der Waals surface area contributed by atoms with Gasteiger partial charge in [-0.3, -0.25) is 52.7 Å². The highest BCUT2D eigenvalue weighted by Gasteiger charge is 2.39. The highest BCUT2D eigenvalue weighted by molar-refractivity contribution is 5.92. The van der Waals surface area contributed by atoms with Gasteiger partial charge in [-0.05, 0) is 258 Å². The molecule has 0 saturated carbocycles. The average molecular weight is 1870 g/mol. The van der Waals surface area contributed by atoms with Crippen molar-refractivity contribution in [2.24, 2.45) is 38.2 Å². The van der Waals surface area contributed by atoms with Crippen LogP contribution in [0.2, 0.25) is 0 Å². The predicted molar refractivity (Wildman–Crippen MR) is 543 cm³/mol. The zero-order chi connectivity index (χ0) is 100. The third-order valence-corrected chi connectivity index (χ3v) is 31.3. The molecule has 6 fully saturated rings. The quantitative estimate of drug-likeness (QED) is 0.114. The van der Waals surface area contributed by atoms with Crippen molar-refractivity contribution in [1.29, 1.82) is 0 Å². The summed E-state index contributed by atoms with van der Waals surface area (Å²) in [7, 11) is 1.50. The monoisotopic (exact) mass is 1870 g/mol. The van der Waals surface area contributed by atoms with E-state index in [1.807, 2.05) is 76.2 Å². The fraction of sp³-hybridized carbons (Fsp3) is 0.709. The Balaban J connectivity index is 0.000000221. The number of nitrogens with two attached hydrogens (primary N) is 1. The van der Waals surface area contributed by atoms with E-state index in [1.165, 1.54) is 175 Å². The molecule has 12 rings (SSSR count). The summed E-state index contributed by atoms with van der Waals surface area (Å²) >= 11 is 0. The van der Waals surface area contributed by atoms with Gasteiger partial charge in [0, 0.05) is 202 Å². The molecule has 0 aromatic carbocycles. The summed E-state index contributed by atoms with van der Waals surface area (Å²) in [5.41, 5.74) is 23.2. The minimum atomic E-state index is -0.754. The molecule has 12 aliphatic rings. The summed E-state index contributed by atoms with van der Waals surface area (Å²) in [4.78, 5) is 164. The number of likely N-dealkylation sites (N-methyl/N-ethyl adjacent to an activating group) is 1. The van der Waals surface area contributed by atoms with Gasteiger partial charge < -0.3 is 64.9 Å². The van der Waals surface area contributed by atoms with E-state index in [1.54, 1.807) is 56.9 Å². The second-order valence-corrected chi connectivity index (χ2v) is 44.3. The maximum Gasteiger partial charge on any atom is 0.315 e. The molecular formula is C110H177N13O12. The first kappa shape index (κ1) is 113. The topological polar surface area (TPSA) is 279 Å². The molecule has 6 heterocycles. The van der Waals surface area contributed by atoms with Crippen LogP contribution in [0.5, 0.6) is 0 Å². The molecule has 754 valence electrons. The lowest BCUT2D eigenvalue weighted by Crippen LogP contribution is -2.62. The van der Waals surface area contributed by atoms with Crippen molar-refractivity contribution < 1.29 is 57.5 Å². The van der Waals surface area contributed by atoms with Crippen LogP contribution in [0.3, 0.4) is 0 Å². The first-order valence-electron chi connectivity index (χ1n) is 51.2. The number of amides is 13. The SMILES string of the molecule is CC(=O)N1CCN(C(=O)/C=C/C2=C(C)CCCC2(C)C)C[C@@H]1C.CC(=O)N1CCN(C(=O)/C=C/C2=C(C)CCCC2(C)C)C[C@H]1C.CC(=O)N1CCN(C(=O)CCC2=C(C)CCCC2(C)C)CC1.CC(=O)N1CCN(C(=O)CCC2=C(C)CCCC2(C)C)CC1.CC1=C(/C=C/C(=O)N2CCCCC2)C(C)(C)CCC1.CNC(=O)C1CN(C(=O)/C=C/C2=C(C)CCCC2(C)C)CCN1C(N)=O. The van der Waals surface area contributed by atoms with E-state index in [2.05, 4.69) is 136 Å². The third kappa shape index (κ3) is 32.7. The number of hydrogen-bond donors (Lipinski definition) is 2. The normalized spacial score (nSPS) is 23.6. The highest BCUT2D eigenvalue weighted by Crippen LogP contribution is 2.47. The first-order valence-corrected chi connectivity index (χ1v) is 51.2. The molecule has 6 aliphatic heterocycles. The minimum absolute atomic E-state index is 0.0572. The van der Waals surface area contributed by atoms with Gasteiger partial charge in [0.05, 0.1) is 6.54 Å². The van der Waals surface area contributed by atoms with Crippen LogP contribution in [-0.2, 0) is 52.7 Å². The van der Waals surface area contributed by atoms with Crippen LogP contribution in [0.15, 0.2) is 115 Å². The van der Waals surface area contributed by atoms with Gasteiger partial charge >= 0.3 is 6.03 Å². The van der Waals surface area contributed by atoms with Crippen molar-refractivity contribution >= 4 is 71.0 Å². The Morgan fingerprint density at radius 3 is 0.830 bits per heavy atom. The number of rotatable bonds is 15. The summed E-state index contributed by atoms with van der Waals surface area (Å²) in [6, 6.07) is -1.22. The van der Waals surface area contributed by atoms with Crippen LogP contribution >= 0.6 is 0 Å². The molecule has 135 heavy (non-hydrogen) atoms. The summed E-state index contributed by atoms with van der Waals surface area (Å²) in [6.07, 6.45) is 42.9. The Hall–Kier alpha value is -9.16. The summed E-state index contributed by atoms with van der Waals surface area (Å²) < 4.78 is 0. The number of hydrogen-bond acceptors (Lipinski definition) is 12. The summed E-state index contributed by atoms with van der Waals surface area (Å²) in [6.45, 7) is 62.5. The molecule has 0 spiro atoms. The van der Waals surface area contributed by atoms with Gasteiger partial charge in [-0.1, -0.05) is 152 Å². The Labute approximate surface area is 813 Å². The number of piperidine rings is 1. The van der Waals surface area contributed by atoms with E-state index in [4.69, 9.17) is 5.73 Å². The molecule has 3 atom stereocenters. The molecule has 25 nitrogen and oxygen atoms in total. The zero-order valence-corrected chi connectivity index (χ0v) is 88.4. The third-order valence-electron chi connectivity index (χ3n) is 31.3. The fourth-order valence-corrected chi connectivity index (χ4v) is 22.9. The highest BCUT2D eigenvalue weighted by atomic mass is 16.2. The minimum Gasteiger partial charge on any atom is -0.357 e. The maximum absolute atomic E-state index is 12.6. The Morgan fingerprint density at radius 1 is 0.311 bits per heavy atom. The molecule has 0 radical (unpaired) electrons. The standard InChI is InChI=1S/C19H30N4O3.2C19H30N2O2.2C18H30N2O2.C17H27NO/c1-13-6-5-9-19(2,3)14(13)7-8-16(24)22-10-11-23(18(20)26)15(12-22)17(25)21-4;2*1-14-7-6-10-19(4,5)17(14)8-9-18(23)20-11-12-21(16(3)22)15(2)13-20;2*1-14-6-5-9-18(3,4)16(14)7-8-17(22)20-12-10-19(11-13-20)15(2)21;1-14-8-7-11-17(2,3)15(14)9-10-16(19)18-12-5-4-6-13-18/h7-8,15H,5-6,9-12H2,1-4H3,(H2,20,26)(H,21,25);2*8-9,15H,6-7,10-13H2,1-5H3;2*5-13H2,1-4H3;9-10H,4-8,11-13H2,1-3H3/b8-7+;2*9-8+;;;10-9+/t;2*15-;;;/m.10.../s1. The maximum atomic E-state index is 12.6. The molecule has 3 N–H and O–H groups in total. The number of primary amides is 1. The number of urea groups is 1. The fourth-order valence-electron chi connectivity index (χ4n) is 22.9. The number of carbonyl (C=O) groups excluding carboxylic acids is 12. The molecule has 6 aliphatic carbocycles. The van der Waals surface area contributed by atoms with Crippen molar-refractivity contribution in [2.75, 3.05) is 131 Å². The number of nitrogens with one attached hydrogen (secondary N) is 1. The van der Waals surface area contributed by atoms with Crippen molar-refractivity contribution in [1.82, 2.24) is 59.2 Å². The van der Waals surface area contributed by atoms with Crippen LogP contribution in [-0.4, -0.2) is 274 Å². The lowest BCUT2D eigenvalue weighted by atomic mass is 9.71. The number of likely N-dealkylation sites (tertiary alicyclic amines) is 1. The van der Waals surface area contributed by atoms with Crippen molar-refractivity contribution in [2.45, 2.75) is 345 Å². The molecular weight excluding hydrogens is 1700 g/mol. The molecule has 0 aromatic heterocycles. The lowest BCUT2D eigenvalue weighted by molar-refractivity contribution is -0.138. The van der Waals surface area contributed by atoms with Crippen LogP contribution < -0.4 is 11.1 Å². The van der Waals surface area contributed by atoms with E-state index < -0.39 is 12.1 Å². The van der Waals surface area contributed by atoms with Crippen LogP contribution in [0.25, 0.3) is 0 Å². The second-order valence-electron chi connectivity index (χ2n) is 44.3. The molecule has 0 bridgehead atoms. The number of allylic oxidation sites excluding steroid dienone is 16. The van der Waals surface area contributed by atoms with E-state index in [0.717, 1.165) is 64.5 Å². The smallest absolute Gasteiger partial charge is 0.315 e. The number of nitrogens with zero attached hydrogens (tertiary/aromatic N) is 11. The average Bonchev–Trinajstić information content (AvgIpc) is 0.788. The van der Waals surface area contributed by atoms with E-state index >= 15 is 0 Å². The summed E-state index contributed by atoms with van der Waals surface area (Å²) in [5.74, 6) is 0.713. The second kappa shape index (κ2) is 51.0. The van der Waals surface area contributed by atoms with Gasteiger partial charge in [0.2, 0.25) is 65.0 Å². The van der Waals surface area contributed by atoms with Gasteiger partial charge in [-0.15, -0.1) is 0 Å². The molecule has 1 unspecified atom stereocenters.